The van der Waals surface area contributed by atoms with Gasteiger partial charge in [0.25, 0.3) is 5.56 Å². The molecule has 0 unspecified atom stereocenters. The van der Waals surface area contributed by atoms with Crippen molar-refractivity contribution in [3.63, 3.8) is 0 Å². The molecule has 0 aliphatic carbocycles. The Morgan fingerprint density at radius 3 is 2.47 bits per heavy atom. The molecule has 9 heteroatoms. The molecular formula is C21H30N6O3. The topological polar surface area (TPSA) is 83.7 Å². The highest BCUT2D eigenvalue weighted by Crippen LogP contribution is 2.09. The molecule has 2 aromatic rings. The molecule has 2 saturated heterocycles. The molecule has 4 heterocycles. The molecule has 4 rings (SSSR count). The summed E-state index contributed by atoms with van der Waals surface area (Å²) in [4.78, 5) is 26.9. The maximum atomic E-state index is 13.0. The Kier molecular flexibility index (Phi) is 7.41. The van der Waals surface area contributed by atoms with Crippen LogP contribution >= 0.6 is 0 Å². The van der Waals surface area contributed by atoms with Gasteiger partial charge in [-0.3, -0.25) is 24.0 Å². The predicted molar refractivity (Wildman–Crippen MR) is 117 cm³/mol. The van der Waals surface area contributed by atoms with Gasteiger partial charge in [0.1, 0.15) is 17.0 Å². The molecule has 30 heavy (non-hydrogen) atoms. The van der Waals surface area contributed by atoms with E-state index >= 15 is 0 Å². The molecule has 2 aliphatic heterocycles. The van der Waals surface area contributed by atoms with Crippen LogP contribution in [-0.2, 0) is 9.47 Å². The second-order valence-corrected chi connectivity index (χ2v) is 7.48. The molecule has 2 aromatic heterocycles. The summed E-state index contributed by atoms with van der Waals surface area (Å²) in [6.07, 6.45) is 3.42. The maximum Gasteiger partial charge on any atom is 0.268 e. The van der Waals surface area contributed by atoms with Crippen LogP contribution < -0.4 is 10.9 Å². The summed E-state index contributed by atoms with van der Waals surface area (Å²) < 4.78 is 12.3. The van der Waals surface area contributed by atoms with Gasteiger partial charge in [0, 0.05) is 58.2 Å². The lowest BCUT2D eigenvalue weighted by atomic mass is 10.3. The Labute approximate surface area is 176 Å². The first-order valence-corrected chi connectivity index (χ1v) is 10.7. The van der Waals surface area contributed by atoms with Crippen LogP contribution in [0.3, 0.4) is 0 Å². The van der Waals surface area contributed by atoms with E-state index in [0.29, 0.717) is 30.1 Å². The highest BCUT2D eigenvalue weighted by molar-refractivity contribution is 5.86. The number of nitrogens with zero attached hydrogens (tertiary/aromatic N) is 5. The van der Waals surface area contributed by atoms with Crippen molar-refractivity contribution in [1.82, 2.24) is 19.2 Å². The molecule has 0 radical (unpaired) electrons. The number of rotatable bonds is 8. The molecule has 2 aliphatic rings. The van der Waals surface area contributed by atoms with Gasteiger partial charge in [-0.2, -0.15) is 0 Å². The van der Waals surface area contributed by atoms with E-state index in [4.69, 9.17) is 9.47 Å². The lowest BCUT2D eigenvalue weighted by Gasteiger charge is -2.26. The van der Waals surface area contributed by atoms with Gasteiger partial charge in [-0.15, -0.1) is 0 Å². The van der Waals surface area contributed by atoms with E-state index < -0.39 is 0 Å². The second-order valence-electron chi connectivity index (χ2n) is 7.48. The summed E-state index contributed by atoms with van der Waals surface area (Å²) in [5.41, 5.74) is 1.02. The number of anilines is 1. The van der Waals surface area contributed by atoms with Gasteiger partial charge in [-0.05, 0) is 12.1 Å². The van der Waals surface area contributed by atoms with E-state index in [1.165, 1.54) is 0 Å². The highest BCUT2D eigenvalue weighted by Gasteiger charge is 2.13. The first-order chi connectivity index (χ1) is 14.8. The summed E-state index contributed by atoms with van der Waals surface area (Å²) >= 11 is 0. The molecule has 0 spiro atoms. The number of hydrogen-bond acceptors (Lipinski definition) is 8. The third-order valence-electron chi connectivity index (χ3n) is 5.46. The van der Waals surface area contributed by atoms with Crippen LogP contribution in [0, 0.1) is 0 Å². The number of morpholine rings is 2. The third-order valence-corrected chi connectivity index (χ3v) is 5.46. The zero-order valence-electron chi connectivity index (χ0n) is 17.3. The molecule has 0 bridgehead atoms. The molecule has 2 fully saturated rings. The van der Waals surface area contributed by atoms with E-state index in [1.807, 2.05) is 18.2 Å². The smallest absolute Gasteiger partial charge is 0.268 e. The zero-order chi connectivity index (χ0) is 20.6. The molecule has 0 aromatic carbocycles. The number of pyridine rings is 1. The van der Waals surface area contributed by atoms with Crippen LogP contribution in [0.2, 0.25) is 0 Å². The van der Waals surface area contributed by atoms with E-state index in [2.05, 4.69) is 25.1 Å². The summed E-state index contributed by atoms with van der Waals surface area (Å²) in [5, 5.41) is 3.36. The van der Waals surface area contributed by atoms with Gasteiger partial charge >= 0.3 is 0 Å². The average molecular weight is 415 g/mol. The van der Waals surface area contributed by atoms with E-state index in [-0.39, 0.29) is 5.56 Å². The first kappa shape index (κ1) is 20.9. The lowest BCUT2D eigenvalue weighted by molar-refractivity contribution is 0.0394. The Morgan fingerprint density at radius 1 is 1.03 bits per heavy atom. The Balaban J connectivity index is 1.45. The largest absolute Gasteiger partial charge is 0.379 e. The number of aliphatic imine (C=N–C) groups is 1. The minimum Gasteiger partial charge on any atom is -0.379 e. The molecule has 0 amide bonds. The number of nitrogens with one attached hydrogen (secondary N) is 1. The van der Waals surface area contributed by atoms with Gasteiger partial charge in [0.15, 0.2) is 0 Å². The van der Waals surface area contributed by atoms with Gasteiger partial charge in [-0.1, -0.05) is 6.07 Å². The summed E-state index contributed by atoms with van der Waals surface area (Å²) in [5.74, 6) is 0.592. The number of aromatic nitrogens is 2. The monoisotopic (exact) mass is 414 g/mol. The molecule has 9 nitrogen and oxygen atoms in total. The van der Waals surface area contributed by atoms with Gasteiger partial charge in [0.2, 0.25) is 0 Å². The average Bonchev–Trinajstić information content (AvgIpc) is 2.80. The van der Waals surface area contributed by atoms with E-state index in [1.54, 1.807) is 16.8 Å². The molecular weight excluding hydrogens is 384 g/mol. The van der Waals surface area contributed by atoms with Crippen LogP contribution in [0.1, 0.15) is 5.56 Å². The fourth-order valence-corrected chi connectivity index (χ4v) is 3.69. The minimum absolute atomic E-state index is 0.107. The Bertz CT molecular complexity index is 903. The second kappa shape index (κ2) is 10.6. The van der Waals surface area contributed by atoms with E-state index in [0.717, 1.165) is 65.7 Å². The minimum atomic E-state index is -0.107. The lowest BCUT2D eigenvalue weighted by Crippen LogP contribution is -2.39. The fourth-order valence-electron chi connectivity index (χ4n) is 3.69. The van der Waals surface area contributed by atoms with Crippen LogP contribution in [0.5, 0.6) is 0 Å². The SMILES string of the molecule is O=c1c(C=NCCN2CCOCC2)c(NCCN2CCOCC2)nc2ccccn12. The predicted octanol–water partition coefficient (Wildman–Crippen LogP) is 0.190. The van der Waals surface area contributed by atoms with Crippen molar-refractivity contribution in [2.75, 3.05) is 84.1 Å². The fraction of sp³-hybridized carbons (Fsp3) is 0.571. The number of ether oxygens (including phenoxy) is 2. The molecule has 0 atom stereocenters. The zero-order valence-corrected chi connectivity index (χ0v) is 17.3. The quantitative estimate of drug-likeness (QED) is 0.618. The first-order valence-electron chi connectivity index (χ1n) is 10.7. The van der Waals surface area contributed by atoms with Crippen molar-refractivity contribution in [3.8, 4) is 0 Å². The molecule has 162 valence electrons. The maximum absolute atomic E-state index is 13.0. The molecule has 0 saturated carbocycles. The molecule has 1 N–H and O–H groups in total. The van der Waals surface area contributed by atoms with Crippen molar-refractivity contribution in [2.45, 2.75) is 0 Å². The van der Waals surface area contributed by atoms with Crippen LogP contribution in [0.25, 0.3) is 5.65 Å². The van der Waals surface area contributed by atoms with Crippen LogP contribution in [0.4, 0.5) is 5.82 Å². The van der Waals surface area contributed by atoms with Gasteiger partial charge < -0.3 is 14.8 Å². The third kappa shape index (κ3) is 5.42. The summed E-state index contributed by atoms with van der Waals surface area (Å²) in [6, 6.07) is 5.56. The highest BCUT2D eigenvalue weighted by atomic mass is 16.5. The van der Waals surface area contributed by atoms with Gasteiger partial charge in [-0.25, -0.2) is 4.98 Å². The van der Waals surface area contributed by atoms with Crippen LogP contribution in [-0.4, -0.2) is 104 Å². The summed E-state index contributed by atoms with van der Waals surface area (Å²) in [6.45, 7) is 9.94. The normalized spacial score (nSPS) is 18.9. The van der Waals surface area contributed by atoms with Crippen molar-refractivity contribution in [2.24, 2.45) is 4.99 Å². The van der Waals surface area contributed by atoms with Crippen molar-refractivity contribution in [3.05, 3.63) is 40.3 Å². The Morgan fingerprint density at radius 2 is 1.73 bits per heavy atom. The van der Waals surface area contributed by atoms with Crippen molar-refractivity contribution < 1.29 is 9.47 Å². The number of fused-ring (bicyclic) bond motifs is 1. The van der Waals surface area contributed by atoms with Crippen molar-refractivity contribution in [1.29, 1.82) is 0 Å². The van der Waals surface area contributed by atoms with E-state index in [9.17, 15) is 4.79 Å². The summed E-state index contributed by atoms with van der Waals surface area (Å²) in [7, 11) is 0. The Hall–Kier alpha value is -2.33. The van der Waals surface area contributed by atoms with Gasteiger partial charge in [0.05, 0.1) is 33.0 Å². The van der Waals surface area contributed by atoms with Crippen LogP contribution in [0.15, 0.2) is 34.2 Å². The van der Waals surface area contributed by atoms with Crippen molar-refractivity contribution >= 4 is 17.7 Å². The number of hydrogen-bond donors (Lipinski definition) is 1. The standard InChI is InChI=1S/C21H30N6O3/c28-21-18(17-22-4-7-25-9-13-29-14-10-25)20(24-19-3-1-2-6-27(19)21)23-5-8-26-11-15-30-16-12-26/h1-3,6,17,23H,4-5,7-16H2.